The van der Waals surface area contributed by atoms with Crippen molar-refractivity contribution in [1.82, 2.24) is 4.72 Å². The number of carbonyl (C=O) groups is 2. The maximum absolute atomic E-state index is 12.7. The third kappa shape index (κ3) is 5.51. The molecule has 2 N–H and O–H groups in total. The Hall–Kier alpha value is -2.71. The Balaban J connectivity index is 1.63. The van der Waals surface area contributed by atoms with Crippen molar-refractivity contribution in [1.29, 1.82) is 0 Å². The van der Waals surface area contributed by atoms with E-state index in [0.29, 0.717) is 18.7 Å². The molecule has 2 aromatic carbocycles. The van der Waals surface area contributed by atoms with Crippen LogP contribution >= 0.6 is 0 Å². The van der Waals surface area contributed by atoms with Crippen LogP contribution in [0.3, 0.4) is 0 Å². The molecule has 166 valence electrons. The summed E-state index contributed by atoms with van der Waals surface area (Å²) >= 11 is 0. The fourth-order valence-corrected chi connectivity index (χ4v) is 4.75. The second kappa shape index (κ2) is 9.62. The van der Waals surface area contributed by atoms with Crippen LogP contribution in [0.25, 0.3) is 0 Å². The summed E-state index contributed by atoms with van der Waals surface area (Å²) in [5, 5.41) is 2.79. The number of hydrogen-bond donors (Lipinski definition) is 2. The minimum Gasteiger partial charge on any atom is -0.326 e. The largest absolute Gasteiger partial charge is 0.326 e. The van der Waals surface area contributed by atoms with E-state index in [1.54, 1.807) is 24.0 Å². The van der Waals surface area contributed by atoms with Gasteiger partial charge in [-0.15, -0.1) is 0 Å². The van der Waals surface area contributed by atoms with E-state index in [2.05, 4.69) is 17.0 Å². The van der Waals surface area contributed by atoms with Gasteiger partial charge in [-0.25, -0.2) is 13.1 Å². The van der Waals surface area contributed by atoms with Crippen molar-refractivity contribution < 1.29 is 18.0 Å². The van der Waals surface area contributed by atoms with Crippen LogP contribution < -0.4 is 14.9 Å². The summed E-state index contributed by atoms with van der Waals surface area (Å²) in [6.45, 7) is 6.10. The zero-order valence-electron chi connectivity index (χ0n) is 18.1. The maximum Gasteiger partial charge on any atom is 0.240 e. The minimum absolute atomic E-state index is 0.0815. The first-order valence-electron chi connectivity index (χ1n) is 10.6. The second-order valence-corrected chi connectivity index (χ2v) is 9.58. The Morgan fingerprint density at radius 3 is 2.32 bits per heavy atom. The van der Waals surface area contributed by atoms with Gasteiger partial charge in [0.1, 0.15) is 0 Å². The van der Waals surface area contributed by atoms with E-state index in [0.717, 1.165) is 12.1 Å². The molecule has 2 atom stereocenters. The van der Waals surface area contributed by atoms with Gasteiger partial charge in [-0.2, -0.15) is 0 Å². The fourth-order valence-electron chi connectivity index (χ4n) is 3.42. The van der Waals surface area contributed by atoms with Gasteiger partial charge in [0.25, 0.3) is 0 Å². The summed E-state index contributed by atoms with van der Waals surface area (Å²) in [6.07, 6.45) is 1.76. The lowest BCUT2D eigenvalue weighted by atomic mass is 10.1. The number of sulfonamides is 1. The van der Waals surface area contributed by atoms with E-state index in [-0.39, 0.29) is 29.2 Å². The third-order valence-electron chi connectivity index (χ3n) is 5.55. The molecule has 1 aliphatic heterocycles. The molecule has 8 heteroatoms. The summed E-state index contributed by atoms with van der Waals surface area (Å²) in [5.74, 6) is -0.801. The van der Waals surface area contributed by atoms with E-state index < -0.39 is 15.9 Å². The molecular weight excluding hydrogens is 414 g/mol. The summed E-state index contributed by atoms with van der Waals surface area (Å²) in [6, 6.07) is 13.7. The fraction of sp³-hybridized carbons (Fsp3) is 0.391. The molecule has 7 nitrogen and oxygen atoms in total. The molecule has 1 heterocycles. The Morgan fingerprint density at radius 2 is 1.74 bits per heavy atom. The average molecular weight is 444 g/mol. The molecule has 0 bridgehead atoms. The highest BCUT2D eigenvalue weighted by atomic mass is 32.2. The number of nitrogens with one attached hydrogen (secondary N) is 2. The van der Waals surface area contributed by atoms with Gasteiger partial charge in [-0.05, 0) is 61.7 Å². The molecule has 1 fully saturated rings. The SMILES string of the molecule is CCc1ccc(N2CC(C(=O)Nc3ccc(S(=O)(=O)NC(C)CC)cc3)CC2=O)cc1. The summed E-state index contributed by atoms with van der Waals surface area (Å²) in [7, 11) is -3.60. The number of anilines is 2. The number of rotatable bonds is 8. The minimum atomic E-state index is -3.60. The normalized spacial score (nSPS) is 17.6. The van der Waals surface area contributed by atoms with E-state index in [1.807, 2.05) is 31.2 Å². The number of nitrogens with zero attached hydrogens (tertiary/aromatic N) is 1. The van der Waals surface area contributed by atoms with E-state index >= 15 is 0 Å². The van der Waals surface area contributed by atoms with E-state index in [1.165, 1.54) is 17.7 Å². The Kier molecular flexibility index (Phi) is 7.12. The molecule has 0 radical (unpaired) electrons. The van der Waals surface area contributed by atoms with Gasteiger partial charge in [-0.1, -0.05) is 26.0 Å². The highest BCUT2D eigenvalue weighted by molar-refractivity contribution is 7.89. The zero-order chi connectivity index (χ0) is 22.6. The van der Waals surface area contributed by atoms with Gasteiger partial charge in [-0.3, -0.25) is 9.59 Å². The Bertz CT molecular complexity index is 1030. The highest BCUT2D eigenvalue weighted by Crippen LogP contribution is 2.26. The van der Waals surface area contributed by atoms with Gasteiger partial charge in [0.05, 0.1) is 10.8 Å². The highest BCUT2D eigenvalue weighted by Gasteiger charge is 2.35. The summed E-state index contributed by atoms with van der Waals surface area (Å²) in [5.41, 5.74) is 2.47. The molecule has 3 rings (SSSR count). The van der Waals surface area contributed by atoms with Crippen LogP contribution in [0.2, 0.25) is 0 Å². The molecule has 2 aromatic rings. The lowest BCUT2D eigenvalue weighted by Crippen LogP contribution is -2.32. The standard InChI is InChI=1S/C23H29N3O4S/c1-4-16(3)25-31(29,30)21-12-8-19(9-13-21)24-23(28)18-14-22(27)26(15-18)20-10-6-17(5-2)7-11-20/h6-13,16,18,25H,4-5,14-15H2,1-3H3,(H,24,28). The number of benzene rings is 2. The molecular formula is C23H29N3O4S. The Morgan fingerprint density at radius 1 is 1.10 bits per heavy atom. The van der Waals surface area contributed by atoms with Crippen molar-refractivity contribution in [3.05, 3.63) is 54.1 Å². The number of carbonyl (C=O) groups excluding carboxylic acids is 2. The van der Waals surface area contributed by atoms with Crippen molar-refractivity contribution in [2.24, 2.45) is 5.92 Å². The van der Waals surface area contributed by atoms with Crippen LogP contribution in [-0.4, -0.2) is 32.8 Å². The van der Waals surface area contributed by atoms with Gasteiger partial charge in [0, 0.05) is 30.4 Å². The van der Waals surface area contributed by atoms with Crippen LogP contribution in [-0.2, 0) is 26.0 Å². The molecule has 0 spiro atoms. The molecule has 0 aliphatic carbocycles. The first-order chi connectivity index (χ1) is 14.7. The van der Waals surface area contributed by atoms with E-state index in [4.69, 9.17) is 0 Å². The van der Waals surface area contributed by atoms with Crippen molar-refractivity contribution in [3.63, 3.8) is 0 Å². The molecule has 31 heavy (non-hydrogen) atoms. The number of aryl methyl sites for hydroxylation is 1. The van der Waals surface area contributed by atoms with Gasteiger partial charge in [0.15, 0.2) is 0 Å². The van der Waals surface area contributed by atoms with Crippen LogP contribution in [0, 0.1) is 5.92 Å². The summed E-state index contributed by atoms with van der Waals surface area (Å²) in [4.78, 5) is 26.9. The van der Waals surface area contributed by atoms with Gasteiger partial charge < -0.3 is 10.2 Å². The number of amides is 2. The van der Waals surface area contributed by atoms with Gasteiger partial charge >= 0.3 is 0 Å². The topological polar surface area (TPSA) is 95.6 Å². The Labute approximate surface area is 183 Å². The lowest BCUT2D eigenvalue weighted by Gasteiger charge is -2.17. The molecule has 1 aliphatic rings. The molecule has 0 saturated carbocycles. The van der Waals surface area contributed by atoms with Crippen molar-refractivity contribution in [2.45, 2.75) is 51.0 Å². The summed E-state index contributed by atoms with van der Waals surface area (Å²) < 4.78 is 27.3. The lowest BCUT2D eigenvalue weighted by molar-refractivity contribution is -0.122. The first-order valence-corrected chi connectivity index (χ1v) is 12.0. The van der Waals surface area contributed by atoms with Crippen LogP contribution in [0.15, 0.2) is 53.4 Å². The second-order valence-electron chi connectivity index (χ2n) is 7.87. The predicted octanol–water partition coefficient (Wildman–Crippen LogP) is 3.32. The van der Waals surface area contributed by atoms with Crippen molar-refractivity contribution >= 4 is 33.2 Å². The zero-order valence-corrected chi connectivity index (χ0v) is 18.9. The van der Waals surface area contributed by atoms with Gasteiger partial charge in [0.2, 0.25) is 21.8 Å². The molecule has 2 unspecified atom stereocenters. The van der Waals surface area contributed by atoms with E-state index in [9.17, 15) is 18.0 Å². The smallest absolute Gasteiger partial charge is 0.240 e. The van der Waals surface area contributed by atoms with Crippen molar-refractivity contribution in [3.8, 4) is 0 Å². The van der Waals surface area contributed by atoms with Crippen LogP contribution in [0.4, 0.5) is 11.4 Å². The number of hydrogen-bond acceptors (Lipinski definition) is 4. The third-order valence-corrected chi connectivity index (χ3v) is 7.16. The molecule has 2 amide bonds. The van der Waals surface area contributed by atoms with Crippen LogP contribution in [0.5, 0.6) is 0 Å². The molecule has 1 saturated heterocycles. The van der Waals surface area contributed by atoms with Crippen molar-refractivity contribution in [2.75, 3.05) is 16.8 Å². The average Bonchev–Trinajstić information content (AvgIpc) is 3.15. The first kappa shape index (κ1) is 23.0. The molecule has 0 aromatic heterocycles. The quantitative estimate of drug-likeness (QED) is 0.654. The predicted molar refractivity (Wildman–Crippen MR) is 121 cm³/mol. The monoisotopic (exact) mass is 443 g/mol. The maximum atomic E-state index is 12.7. The van der Waals surface area contributed by atoms with Crippen LogP contribution in [0.1, 0.15) is 39.2 Å².